The summed E-state index contributed by atoms with van der Waals surface area (Å²) in [5, 5.41) is 3.16. The number of pyridine rings is 2. The number of aromatic nitrogens is 3. The van der Waals surface area contributed by atoms with Crippen LogP contribution in [0.4, 0.5) is 0 Å². The molecule has 4 heterocycles. The van der Waals surface area contributed by atoms with Gasteiger partial charge < -0.3 is 14.4 Å². The molecule has 0 unspecified atom stereocenters. The Morgan fingerprint density at radius 1 is 0.724 bits per heavy atom. The van der Waals surface area contributed by atoms with Gasteiger partial charge >= 0.3 is 0 Å². The SMILES string of the molecule is Cc1c[c-]c(-c2cc(-c3ccccc3)c(C)cn2)cc1.[2H]C(C)(C)c1cc(-c2[c-]ccc3c2oc2c3ccc3sc(C(C)(C)C)nc32)ncc1-c1c(C)cccc1C.[Ir]. The molecule has 9 aromatic rings. The maximum absolute atomic E-state index is 8.99. The summed E-state index contributed by atoms with van der Waals surface area (Å²) in [6, 6.07) is 42.0. The molecule has 0 saturated heterocycles. The average molecular weight is 955 g/mol. The number of benzene rings is 5. The van der Waals surface area contributed by atoms with Gasteiger partial charge in [0.1, 0.15) is 11.1 Å². The zero-order chi connectivity index (χ0) is 40.9. The van der Waals surface area contributed by atoms with Crippen LogP contribution in [0.2, 0.25) is 0 Å². The van der Waals surface area contributed by atoms with Crippen LogP contribution in [-0.2, 0) is 25.5 Å². The third-order valence-electron chi connectivity index (χ3n) is 10.5. The minimum atomic E-state index is -0.820. The molecule has 0 atom stereocenters. The topological polar surface area (TPSA) is 51.8 Å². The van der Waals surface area contributed by atoms with Crippen molar-refractivity contribution in [3.05, 3.63) is 160 Å². The average Bonchev–Trinajstić information content (AvgIpc) is 3.82. The van der Waals surface area contributed by atoms with Crippen LogP contribution >= 0.6 is 11.3 Å². The molecule has 58 heavy (non-hydrogen) atoms. The monoisotopic (exact) mass is 955 g/mol. The van der Waals surface area contributed by atoms with E-state index < -0.39 is 5.89 Å². The second kappa shape index (κ2) is 16.5. The zero-order valence-electron chi connectivity index (χ0n) is 35.5. The van der Waals surface area contributed by atoms with E-state index in [1.807, 2.05) is 56.6 Å². The number of fused-ring (bicyclic) bond motifs is 5. The largest absolute Gasteiger partial charge is 0.498 e. The molecule has 1 radical (unpaired) electrons. The van der Waals surface area contributed by atoms with E-state index in [4.69, 9.17) is 15.8 Å². The Kier molecular flexibility index (Phi) is 11.3. The van der Waals surface area contributed by atoms with Gasteiger partial charge in [-0.2, -0.15) is 0 Å². The summed E-state index contributed by atoms with van der Waals surface area (Å²) in [7, 11) is 0. The smallest absolute Gasteiger partial charge is 0.148 e. The van der Waals surface area contributed by atoms with Crippen molar-refractivity contribution in [1.82, 2.24) is 15.0 Å². The normalized spacial score (nSPS) is 12.0. The first-order valence-electron chi connectivity index (χ1n) is 19.9. The molecule has 0 aliphatic carbocycles. The number of hydrogen-bond donors (Lipinski definition) is 0. The fourth-order valence-electron chi connectivity index (χ4n) is 7.41. The number of thiazole rings is 1. The number of furan rings is 1. The minimum absolute atomic E-state index is 0. The van der Waals surface area contributed by atoms with E-state index in [1.165, 1.54) is 33.4 Å². The quantitative estimate of drug-likeness (QED) is 0.161. The summed E-state index contributed by atoms with van der Waals surface area (Å²) < 4.78 is 16.7. The molecule has 0 amide bonds. The standard InChI is InChI=1S/C33H31N2OS.C19H16N.Ir/c1-18(2)24-16-26(34-17-25(24)28-19(3)10-8-11-20(28)4)23-13-9-12-21-22-14-15-27-29(31(22)36-30(21)23)35-32(37-27)33(5,6)7;1-14-8-10-17(11-9-14)19-12-18(15(2)13-20-19)16-6-4-3-5-7-16;/h8-12,14-18H,1-7H3;3-10,12-13H,1-2H3;/q2*-1;/i18D;;. The van der Waals surface area contributed by atoms with Crippen molar-refractivity contribution in [2.75, 3.05) is 0 Å². The van der Waals surface area contributed by atoms with E-state index in [9.17, 15) is 0 Å². The Morgan fingerprint density at radius 3 is 2.14 bits per heavy atom. The van der Waals surface area contributed by atoms with E-state index in [-0.39, 0.29) is 25.5 Å². The maximum Gasteiger partial charge on any atom is 0.148 e. The van der Waals surface area contributed by atoms with E-state index in [1.54, 1.807) is 11.3 Å². The predicted octanol–water partition coefficient (Wildman–Crippen LogP) is 14.6. The van der Waals surface area contributed by atoms with Crippen molar-refractivity contribution in [1.29, 1.82) is 0 Å². The molecule has 5 aromatic carbocycles. The molecule has 0 aliphatic rings. The molecule has 0 spiro atoms. The zero-order valence-corrected chi connectivity index (χ0v) is 37.7. The maximum atomic E-state index is 8.99. The van der Waals surface area contributed by atoms with Gasteiger partial charge in [-0.15, -0.1) is 64.9 Å². The van der Waals surface area contributed by atoms with Crippen molar-refractivity contribution < 1.29 is 25.9 Å². The second-order valence-electron chi connectivity index (χ2n) is 16.2. The summed E-state index contributed by atoms with van der Waals surface area (Å²) in [5.74, 6) is -0.820. The molecule has 4 nitrogen and oxygen atoms in total. The molecule has 0 saturated carbocycles. The summed E-state index contributed by atoms with van der Waals surface area (Å²) >= 11 is 1.72. The van der Waals surface area contributed by atoms with Crippen LogP contribution in [0.3, 0.4) is 0 Å². The summed E-state index contributed by atoms with van der Waals surface area (Å²) in [6.45, 7) is 18.8. The van der Waals surface area contributed by atoms with Crippen LogP contribution < -0.4 is 0 Å². The van der Waals surface area contributed by atoms with Gasteiger partial charge in [-0.3, -0.25) is 0 Å². The molecule has 6 heteroatoms. The van der Waals surface area contributed by atoms with Crippen LogP contribution in [0.5, 0.6) is 0 Å². The molecule has 0 N–H and O–H groups in total. The van der Waals surface area contributed by atoms with Crippen molar-refractivity contribution in [3.63, 3.8) is 0 Å². The molecule has 0 bridgehead atoms. The molecule has 293 valence electrons. The second-order valence-corrected chi connectivity index (χ2v) is 17.2. The number of nitrogens with zero attached hydrogens (tertiary/aromatic N) is 3. The van der Waals surface area contributed by atoms with Crippen LogP contribution in [-0.4, -0.2) is 15.0 Å². The molecular formula is C52H47IrN3OS-2. The summed E-state index contributed by atoms with van der Waals surface area (Å²) in [4.78, 5) is 14.4. The third kappa shape index (κ3) is 7.94. The molecular weight excluding hydrogens is 907 g/mol. The fraction of sp³-hybridized carbons (Fsp3) is 0.212. The molecule has 4 aromatic heterocycles. The van der Waals surface area contributed by atoms with Gasteiger partial charge in [0.2, 0.25) is 0 Å². The Bertz CT molecular complexity index is 2930. The van der Waals surface area contributed by atoms with Crippen LogP contribution in [0.15, 0.2) is 120 Å². The minimum Gasteiger partial charge on any atom is -0.498 e. The van der Waals surface area contributed by atoms with Crippen molar-refractivity contribution in [3.8, 4) is 44.8 Å². The first-order chi connectivity index (χ1) is 27.7. The van der Waals surface area contributed by atoms with E-state index in [0.29, 0.717) is 0 Å². The van der Waals surface area contributed by atoms with Gasteiger partial charge in [-0.05, 0) is 83.1 Å². The van der Waals surface area contributed by atoms with Gasteiger partial charge in [0, 0.05) is 50.2 Å². The van der Waals surface area contributed by atoms with E-state index in [2.05, 4.69) is 138 Å². The first kappa shape index (κ1) is 39.6. The van der Waals surface area contributed by atoms with Crippen molar-refractivity contribution in [2.45, 2.75) is 73.6 Å². The van der Waals surface area contributed by atoms with Gasteiger partial charge in [0.25, 0.3) is 0 Å². The fourth-order valence-corrected chi connectivity index (χ4v) is 8.43. The van der Waals surface area contributed by atoms with E-state index in [0.717, 1.165) is 76.4 Å². The van der Waals surface area contributed by atoms with Gasteiger partial charge in [0.05, 0.1) is 15.3 Å². The van der Waals surface area contributed by atoms with Gasteiger partial charge in [-0.1, -0.05) is 119 Å². The van der Waals surface area contributed by atoms with Crippen molar-refractivity contribution >= 4 is 43.5 Å². The van der Waals surface area contributed by atoms with Crippen LogP contribution in [0, 0.1) is 39.8 Å². The number of rotatable bonds is 5. The van der Waals surface area contributed by atoms with Gasteiger partial charge in [0.15, 0.2) is 0 Å². The predicted molar refractivity (Wildman–Crippen MR) is 240 cm³/mol. The molecule has 0 fully saturated rings. The molecule has 9 rings (SSSR count). The first-order valence-corrected chi connectivity index (χ1v) is 20.2. The summed E-state index contributed by atoms with van der Waals surface area (Å²) in [5.41, 5.74) is 16.3. The van der Waals surface area contributed by atoms with Crippen molar-refractivity contribution in [2.24, 2.45) is 0 Å². The Labute approximate surface area is 361 Å². The third-order valence-corrected chi connectivity index (χ3v) is 11.9. The summed E-state index contributed by atoms with van der Waals surface area (Å²) in [6.07, 6.45) is 3.85. The Balaban J connectivity index is 0.000000212. The van der Waals surface area contributed by atoms with Crippen LogP contribution in [0.25, 0.3) is 76.9 Å². The number of aryl methyl sites for hydroxylation is 4. The number of hydrogen-bond acceptors (Lipinski definition) is 5. The Hall–Kier alpha value is -5.26. The van der Waals surface area contributed by atoms with E-state index >= 15 is 0 Å². The molecule has 0 aliphatic heterocycles. The van der Waals surface area contributed by atoms with Crippen LogP contribution in [0.1, 0.15) is 74.7 Å². The van der Waals surface area contributed by atoms with Gasteiger partial charge in [-0.25, -0.2) is 4.98 Å². The Morgan fingerprint density at radius 2 is 1.45 bits per heavy atom.